The van der Waals surface area contributed by atoms with Crippen molar-refractivity contribution in [2.75, 3.05) is 17.4 Å². The Morgan fingerprint density at radius 2 is 1.96 bits per heavy atom. The van der Waals surface area contributed by atoms with E-state index in [1.165, 1.54) is 29.5 Å². The molecule has 0 unspecified atom stereocenters. The molecule has 0 bridgehead atoms. The van der Waals surface area contributed by atoms with Crippen molar-refractivity contribution in [2.45, 2.75) is 0 Å². The van der Waals surface area contributed by atoms with Crippen molar-refractivity contribution >= 4 is 11.5 Å². The zero-order chi connectivity index (χ0) is 19.4. The summed E-state index contributed by atoms with van der Waals surface area (Å²) in [6, 6.07) is 15.4. The summed E-state index contributed by atoms with van der Waals surface area (Å²) in [5.74, 6) is 5.91. The van der Waals surface area contributed by atoms with E-state index in [0.717, 1.165) is 11.4 Å². The predicted octanol–water partition coefficient (Wildman–Crippen LogP) is 2.70. The summed E-state index contributed by atoms with van der Waals surface area (Å²) in [6.07, 6.45) is 2.88. The number of benzene rings is 2. The van der Waals surface area contributed by atoms with Crippen molar-refractivity contribution < 1.29 is 4.39 Å². The van der Waals surface area contributed by atoms with Gasteiger partial charge < -0.3 is 11.1 Å². The van der Waals surface area contributed by atoms with Gasteiger partial charge in [-0.05, 0) is 36.4 Å². The Morgan fingerprint density at radius 1 is 1.22 bits per heavy atom. The fourth-order valence-corrected chi connectivity index (χ4v) is 2.62. The Bertz CT molecular complexity index is 1020. The smallest absolute Gasteiger partial charge is 0.148 e. The van der Waals surface area contributed by atoms with Crippen LogP contribution in [0.5, 0.6) is 0 Å². The first-order chi connectivity index (χ1) is 13.1. The van der Waals surface area contributed by atoms with Crippen LogP contribution in [-0.2, 0) is 0 Å². The van der Waals surface area contributed by atoms with E-state index >= 15 is 0 Å². The molecule has 3 rings (SSSR count). The molecular weight excluding hydrogens is 345 g/mol. The lowest BCUT2D eigenvalue weighted by molar-refractivity contribution is 0.624. The lowest BCUT2D eigenvalue weighted by atomic mass is 10.1. The molecule has 0 atom stereocenters. The highest BCUT2D eigenvalue weighted by molar-refractivity contribution is 5.67. The van der Waals surface area contributed by atoms with Gasteiger partial charge in [0.1, 0.15) is 17.7 Å². The summed E-state index contributed by atoms with van der Waals surface area (Å²) in [5, 5.41) is 17.8. The van der Waals surface area contributed by atoms with E-state index in [1.54, 1.807) is 23.9 Å². The number of nitrogens with one attached hydrogen (secondary N) is 1. The van der Waals surface area contributed by atoms with E-state index in [4.69, 9.17) is 16.8 Å². The third-order valence-electron chi connectivity index (χ3n) is 3.99. The van der Waals surface area contributed by atoms with Gasteiger partial charge >= 0.3 is 0 Å². The molecule has 27 heavy (non-hydrogen) atoms. The van der Waals surface area contributed by atoms with Crippen LogP contribution in [0.4, 0.5) is 15.9 Å². The minimum absolute atomic E-state index is 0.000922. The van der Waals surface area contributed by atoms with Crippen molar-refractivity contribution in [1.82, 2.24) is 9.78 Å². The maximum absolute atomic E-state index is 14.1. The van der Waals surface area contributed by atoms with E-state index in [-0.39, 0.29) is 5.56 Å². The summed E-state index contributed by atoms with van der Waals surface area (Å²) in [7, 11) is 1.75. The molecule has 0 amide bonds. The fourth-order valence-electron chi connectivity index (χ4n) is 2.62. The standard InChI is InChI=1S/C19H18FN7/c1-24-19-11-18(13-2-3-14(12-22)17(20)10-13)27(25-19)16-6-4-15(5-7-16)26(23)9-8-21/h2-11H,21,23H2,1H3,(H,24,25)/b9-8-. The molecule has 8 heteroatoms. The van der Waals surface area contributed by atoms with Crippen molar-refractivity contribution in [3.05, 3.63) is 72.3 Å². The first-order valence-corrected chi connectivity index (χ1v) is 8.08. The number of hydrazine groups is 1. The summed E-state index contributed by atoms with van der Waals surface area (Å²) < 4.78 is 15.8. The minimum atomic E-state index is -0.573. The van der Waals surface area contributed by atoms with Gasteiger partial charge in [-0.1, -0.05) is 6.07 Å². The highest BCUT2D eigenvalue weighted by Crippen LogP contribution is 2.28. The lowest BCUT2D eigenvalue weighted by Crippen LogP contribution is -2.24. The Kier molecular flexibility index (Phi) is 5.06. The van der Waals surface area contributed by atoms with Crippen LogP contribution in [0.25, 0.3) is 16.9 Å². The Labute approximate surface area is 155 Å². The van der Waals surface area contributed by atoms with Crippen LogP contribution in [0.15, 0.2) is 60.9 Å². The maximum atomic E-state index is 14.1. The summed E-state index contributed by atoms with van der Waals surface area (Å²) in [6.45, 7) is 0. The van der Waals surface area contributed by atoms with E-state index in [2.05, 4.69) is 10.4 Å². The van der Waals surface area contributed by atoms with E-state index in [9.17, 15) is 4.39 Å². The van der Waals surface area contributed by atoms with Gasteiger partial charge in [-0.3, -0.25) is 5.01 Å². The van der Waals surface area contributed by atoms with Gasteiger partial charge in [0, 0.05) is 31.1 Å². The number of hydrogen-bond acceptors (Lipinski definition) is 6. The number of aromatic nitrogens is 2. The van der Waals surface area contributed by atoms with Crippen LogP contribution in [0.2, 0.25) is 0 Å². The molecule has 0 fully saturated rings. The Hall–Kier alpha value is -3.83. The van der Waals surface area contributed by atoms with Crippen LogP contribution < -0.4 is 21.9 Å². The molecule has 0 saturated heterocycles. The number of nitrogens with two attached hydrogens (primary N) is 2. The van der Waals surface area contributed by atoms with Gasteiger partial charge in [0.05, 0.1) is 22.6 Å². The highest BCUT2D eigenvalue weighted by atomic mass is 19.1. The fraction of sp³-hybridized carbons (Fsp3) is 0.0526. The molecule has 136 valence electrons. The summed E-state index contributed by atoms with van der Waals surface area (Å²) >= 11 is 0. The van der Waals surface area contributed by atoms with Gasteiger partial charge in [-0.2, -0.15) is 5.26 Å². The van der Waals surface area contributed by atoms with Crippen LogP contribution in [-0.4, -0.2) is 16.8 Å². The quantitative estimate of drug-likeness (QED) is 0.475. The molecule has 0 aliphatic carbocycles. The number of hydrogen-bond donors (Lipinski definition) is 3. The number of rotatable bonds is 5. The second-order valence-electron chi connectivity index (χ2n) is 5.65. The van der Waals surface area contributed by atoms with Crippen molar-refractivity contribution in [3.63, 3.8) is 0 Å². The lowest BCUT2D eigenvalue weighted by Gasteiger charge is -2.14. The summed E-state index contributed by atoms with van der Waals surface area (Å²) in [5.41, 5.74) is 8.15. The third kappa shape index (κ3) is 3.58. The first kappa shape index (κ1) is 18.0. The van der Waals surface area contributed by atoms with Gasteiger partial charge in [-0.25, -0.2) is 14.9 Å². The predicted molar refractivity (Wildman–Crippen MR) is 103 cm³/mol. The first-order valence-electron chi connectivity index (χ1n) is 8.08. The van der Waals surface area contributed by atoms with E-state index in [0.29, 0.717) is 17.1 Å². The molecule has 0 aliphatic heterocycles. The monoisotopic (exact) mass is 363 g/mol. The van der Waals surface area contributed by atoms with E-state index in [1.807, 2.05) is 30.3 Å². The van der Waals surface area contributed by atoms with Crippen LogP contribution in [0, 0.1) is 17.1 Å². The van der Waals surface area contributed by atoms with Gasteiger partial charge in [0.15, 0.2) is 0 Å². The molecule has 5 N–H and O–H groups in total. The normalized spacial score (nSPS) is 10.7. The van der Waals surface area contributed by atoms with E-state index < -0.39 is 5.82 Å². The molecule has 2 aromatic carbocycles. The van der Waals surface area contributed by atoms with Gasteiger partial charge in [0.25, 0.3) is 0 Å². The molecule has 3 aromatic rings. The summed E-state index contributed by atoms with van der Waals surface area (Å²) in [4.78, 5) is 0. The SMILES string of the molecule is CNc1cc(-c2ccc(C#N)c(F)c2)n(-c2ccc(N(N)/C=C\N)cc2)n1. The van der Waals surface area contributed by atoms with Crippen molar-refractivity contribution in [1.29, 1.82) is 5.26 Å². The molecule has 0 spiro atoms. The molecule has 1 aromatic heterocycles. The second kappa shape index (κ2) is 7.59. The van der Waals surface area contributed by atoms with Crippen molar-refractivity contribution in [2.24, 2.45) is 11.6 Å². The highest BCUT2D eigenvalue weighted by Gasteiger charge is 2.13. The minimum Gasteiger partial charge on any atom is -0.403 e. The van der Waals surface area contributed by atoms with Crippen molar-refractivity contribution in [3.8, 4) is 23.0 Å². The number of nitriles is 1. The zero-order valence-corrected chi connectivity index (χ0v) is 14.6. The van der Waals surface area contributed by atoms with Gasteiger partial charge in [-0.15, -0.1) is 5.10 Å². The number of anilines is 2. The second-order valence-corrected chi connectivity index (χ2v) is 5.65. The molecule has 0 saturated carbocycles. The van der Waals surface area contributed by atoms with Crippen LogP contribution in [0.1, 0.15) is 5.56 Å². The number of halogens is 1. The Balaban J connectivity index is 2.05. The average Bonchev–Trinajstić information content (AvgIpc) is 3.13. The maximum Gasteiger partial charge on any atom is 0.148 e. The topological polar surface area (TPSA) is 109 Å². The van der Waals surface area contributed by atoms with Crippen LogP contribution >= 0.6 is 0 Å². The van der Waals surface area contributed by atoms with Gasteiger partial charge in [0.2, 0.25) is 0 Å². The number of nitrogens with zero attached hydrogens (tertiary/aromatic N) is 4. The molecule has 7 nitrogen and oxygen atoms in total. The third-order valence-corrected chi connectivity index (χ3v) is 3.99. The molecule has 0 radical (unpaired) electrons. The average molecular weight is 363 g/mol. The van der Waals surface area contributed by atoms with Crippen LogP contribution in [0.3, 0.4) is 0 Å². The zero-order valence-electron chi connectivity index (χ0n) is 14.6. The Morgan fingerprint density at radius 3 is 2.56 bits per heavy atom. The largest absolute Gasteiger partial charge is 0.403 e. The molecule has 1 heterocycles. The molecule has 0 aliphatic rings. The molecular formula is C19H18FN7.